The quantitative estimate of drug-likeness (QED) is 0.276. The van der Waals surface area contributed by atoms with Crippen molar-refractivity contribution in [3.8, 4) is 0 Å². The van der Waals surface area contributed by atoms with E-state index in [-0.39, 0.29) is 25.7 Å². The van der Waals surface area contributed by atoms with Gasteiger partial charge in [0.1, 0.15) is 5.76 Å². The Hall–Kier alpha value is -1.20. The van der Waals surface area contributed by atoms with Crippen LogP contribution >= 0.6 is 46.4 Å². The smallest absolute Gasteiger partial charge is 0.376 e. The number of hydrogen-bond donors (Lipinski definition) is 2. The van der Waals surface area contributed by atoms with Crippen LogP contribution in [0, 0.1) is 0 Å². The molecular weight excluding hydrogens is 350 g/mol. The zero-order chi connectivity index (χ0) is 15.4. The van der Waals surface area contributed by atoms with Crippen molar-refractivity contribution >= 4 is 63.9 Å². The summed E-state index contributed by atoms with van der Waals surface area (Å²) >= 11 is 23.4. The summed E-state index contributed by atoms with van der Waals surface area (Å²) in [7, 11) is 0. The first-order valence-electron chi connectivity index (χ1n) is 4.93. The first-order valence-corrected chi connectivity index (χ1v) is 6.44. The van der Waals surface area contributed by atoms with Gasteiger partial charge in [0, 0.05) is 0 Å². The first-order chi connectivity index (χ1) is 9.25. The lowest BCUT2D eigenvalue weighted by molar-refractivity contribution is -0.146. The molecule has 0 atom stereocenters. The Morgan fingerprint density at radius 2 is 1.50 bits per heavy atom. The molecule has 0 saturated carbocycles. The summed E-state index contributed by atoms with van der Waals surface area (Å²) in [5.41, 5.74) is -0.0155. The van der Waals surface area contributed by atoms with E-state index < -0.39 is 17.5 Å². The summed E-state index contributed by atoms with van der Waals surface area (Å²) in [5.74, 6) is -3.18. The number of rotatable bonds is 4. The maximum absolute atomic E-state index is 10.8. The van der Waals surface area contributed by atoms with E-state index in [9.17, 15) is 14.7 Å². The SMILES string of the molecule is O=C(O)C(=O)/C=C/C=C(\O)c1c(Cl)c(Cl)cc(Cl)c1Cl. The molecule has 0 heterocycles. The number of carboxylic acids is 1. The minimum absolute atomic E-state index is 0.0155. The lowest BCUT2D eigenvalue weighted by Gasteiger charge is -2.09. The van der Waals surface area contributed by atoms with E-state index in [0.717, 1.165) is 18.2 Å². The van der Waals surface area contributed by atoms with Crippen molar-refractivity contribution in [2.75, 3.05) is 0 Å². The molecule has 0 spiro atoms. The number of aliphatic carboxylic acids is 1. The number of halogens is 4. The number of carbonyl (C=O) groups excluding carboxylic acids is 1. The zero-order valence-corrected chi connectivity index (χ0v) is 12.6. The number of benzene rings is 1. The highest BCUT2D eigenvalue weighted by molar-refractivity contribution is 6.48. The Bertz CT molecular complexity index is 609. The average Bonchev–Trinajstić information content (AvgIpc) is 2.36. The van der Waals surface area contributed by atoms with Crippen LogP contribution in [0.15, 0.2) is 24.3 Å². The molecule has 1 rings (SSSR count). The van der Waals surface area contributed by atoms with Gasteiger partial charge < -0.3 is 10.2 Å². The molecule has 0 aliphatic rings. The maximum atomic E-state index is 10.8. The summed E-state index contributed by atoms with van der Waals surface area (Å²) in [6, 6.07) is 1.31. The van der Waals surface area contributed by atoms with Gasteiger partial charge in [-0.15, -0.1) is 0 Å². The van der Waals surface area contributed by atoms with Crippen molar-refractivity contribution in [3.63, 3.8) is 0 Å². The molecule has 106 valence electrons. The third kappa shape index (κ3) is 3.90. The van der Waals surface area contributed by atoms with Crippen LogP contribution < -0.4 is 0 Å². The number of hydrogen-bond acceptors (Lipinski definition) is 3. The van der Waals surface area contributed by atoms with Gasteiger partial charge in [-0.05, 0) is 18.2 Å². The van der Waals surface area contributed by atoms with E-state index in [2.05, 4.69) is 0 Å². The van der Waals surface area contributed by atoms with Crippen LogP contribution in [0.4, 0.5) is 0 Å². The molecule has 0 aromatic heterocycles. The summed E-state index contributed by atoms with van der Waals surface area (Å²) in [5, 5.41) is 18.3. The second-order valence-corrected chi connectivity index (χ2v) is 4.99. The molecule has 0 radical (unpaired) electrons. The van der Waals surface area contributed by atoms with Crippen LogP contribution in [-0.2, 0) is 9.59 Å². The standard InChI is InChI=1S/C12H6Cl4O4/c13-5-4-6(14)11(16)9(10(5)15)7(17)2-1-3-8(18)12(19)20/h1-4,17H,(H,19,20)/b3-1+,7-2-. The second kappa shape index (κ2) is 6.99. The second-order valence-electron chi connectivity index (χ2n) is 3.42. The lowest BCUT2D eigenvalue weighted by Crippen LogP contribution is -2.08. The molecule has 1 aromatic rings. The largest absolute Gasteiger partial charge is 0.507 e. The highest BCUT2D eigenvalue weighted by Crippen LogP contribution is 2.40. The number of carbonyl (C=O) groups is 2. The van der Waals surface area contributed by atoms with E-state index in [1.807, 2.05) is 0 Å². The lowest BCUT2D eigenvalue weighted by atomic mass is 10.1. The van der Waals surface area contributed by atoms with E-state index in [4.69, 9.17) is 51.5 Å². The van der Waals surface area contributed by atoms with Crippen molar-refractivity contribution < 1.29 is 19.8 Å². The molecule has 2 N–H and O–H groups in total. The summed E-state index contributed by atoms with van der Waals surface area (Å²) in [4.78, 5) is 21.1. The molecule has 20 heavy (non-hydrogen) atoms. The van der Waals surface area contributed by atoms with Gasteiger partial charge in [-0.1, -0.05) is 52.5 Å². The van der Waals surface area contributed by atoms with Gasteiger partial charge in [0.2, 0.25) is 0 Å². The van der Waals surface area contributed by atoms with E-state index in [1.54, 1.807) is 0 Å². The van der Waals surface area contributed by atoms with Crippen molar-refractivity contribution in [1.29, 1.82) is 0 Å². The Kier molecular flexibility index (Phi) is 5.89. The highest BCUT2D eigenvalue weighted by Gasteiger charge is 2.16. The van der Waals surface area contributed by atoms with Crippen LogP contribution in [0.3, 0.4) is 0 Å². The Morgan fingerprint density at radius 3 is 1.95 bits per heavy atom. The minimum Gasteiger partial charge on any atom is -0.507 e. The van der Waals surface area contributed by atoms with Gasteiger partial charge in [0.05, 0.1) is 25.7 Å². The third-order valence-corrected chi connectivity index (χ3v) is 3.66. The van der Waals surface area contributed by atoms with E-state index in [1.165, 1.54) is 6.07 Å². The molecule has 1 aromatic carbocycles. The van der Waals surface area contributed by atoms with Crippen LogP contribution in [0.25, 0.3) is 5.76 Å². The summed E-state index contributed by atoms with van der Waals surface area (Å²) < 4.78 is 0. The topological polar surface area (TPSA) is 74.6 Å². The van der Waals surface area contributed by atoms with E-state index >= 15 is 0 Å². The molecule has 0 unspecified atom stereocenters. The molecule has 0 bridgehead atoms. The van der Waals surface area contributed by atoms with Crippen LogP contribution in [-0.4, -0.2) is 22.0 Å². The maximum Gasteiger partial charge on any atom is 0.376 e. The number of aliphatic hydroxyl groups is 1. The zero-order valence-electron chi connectivity index (χ0n) is 9.53. The molecular formula is C12H6Cl4O4. The van der Waals surface area contributed by atoms with Crippen molar-refractivity contribution in [2.45, 2.75) is 0 Å². The third-order valence-electron chi connectivity index (χ3n) is 2.08. The Labute approximate surface area is 133 Å². The Morgan fingerprint density at radius 1 is 1.00 bits per heavy atom. The molecule has 0 aliphatic heterocycles. The monoisotopic (exact) mass is 354 g/mol. The number of carboxylic acid groups (broad SMARTS) is 1. The van der Waals surface area contributed by atoms with Gasteiger partial charge >= 0.3 is 5.97 Å². The van der Waals surface area contributed by atoms with Crippen molar-refractivity contribution in [1.82, 2.24) is 0 Å². The Balaban J connectivity index is 3.19. The summed E-state index contributed by atoms with van der Waals surface area (Å²) in [6.45, 7) is 0. The fourth-order valence-electron chi connectivity index (χ4n) is 1.18. The molecule has 0 aliphatic carbocycles. The minimum atomic E-state index is -1.61. The number of allylic oxidation sites excluding steroid dienone is 2. The van der Waals surface area contributed by atoms with Crippen molar-refractivity contribution in [2.24, 2.45) is 0 Å². The molecule has 0 amide bonds. The van der Waals surface area contributed by atoms with Gasteiger partial charge in [-0.25, -0.2) is 4.79 Å². The molecule has 0 saturated heterocycles. The summed E-state index contributed by atoms with van der Waals surface area (Å²) in [6.07, 6.45) is 2.83. The first kappa shape index (κ1) is 16.9. The van der Waals surface area contributed by atoms with Gasteiger partial charge in [0.25, 0.3) is 5.78 Å². The van der Waals surface area contributed by atoms with Crippen LogP contribution in [0.1, 0.15) is 5.56 Å². The van der Waals surface area contributed by atoms with E-state index in [0.29, 0.717) is 0 Å². The van der Waals surface area contributed by atoms with Crippen molar-refractivity contribution in [3.05, 3.63) is 49.9 Å². The number of aliphatic hydroxyl groups excluding tert-OH is 1. The van der Waals surface area contributed by atoms with Crippen LogP contribution in [0.2, 0.25) is 20.1 Å². The predicted molar refractivity (Wildman–Crippen MR) is 78.9 cm³/mol. The molecule has 0 fully saturated rings. The predicted octanol–water partition coefficient (Wildman–Crippen LogP) is 4.41. The fraction of sp³-hybridized carbons (Fsp3) is 0. The van der Waals surface area contributed by atoms with Gasteiger partial charge in [-0.3, -0.25) is 4.79 Å². The number of ketones is 1. The van der Waals surface area contributed by atoms with Gasteiger partial charge in [-0.2, -0.15) is 0 Å². The molecule has 8 heteroatoms. The molecule has 4 nitrogen and oxygen atoms in total. The van der Waals surface area contributed by atoms with Crippen LogP contribution in [0.5, 0.6) is 0 Å². The average molecular weight is 356 g/mol. The normalized spacial score (nSPS) is 11.9. The highest BCUT2D eigenvalue weighted by atomic mass is 35.5. The fourth-order valence-corrected chi connectivity index (χ4v) is 2.18. The van der Waals surface area contributed by atoms with Gasteiger partial charge in [0.15, 0.2) is 0 Å².